The van der Waals surface area contributed by atoms with Gasteiger partial charge in [0.2, 0.25) is 21.8 Å². The molecule has 1 N–H and O–H groups in total. The minimum absolute atomic E-state index is 0.0327. The van der Waals surface area contributed by atoms with Crippen LogP contribution in [0.4, 0.5) is 5.69 Å². The Balaban J connectivity index is 1.34. The molecule has 0 spiro atoms. The highest BCUT2D eigenvalue weighted by atomic mass is 32.2. The zero-order valence-electron chi connectivity index (χ0n) is 20.4. The van der Waals surface area contributed by atoms with E-state index in [9.17, 15) is 18.0 Å². The van der Waals surface area contributed by atoms with Crippen molar-refractivity contribution in [2.75, 3.05) is 25.5 Å². The molecule has 1 aliphatic heterocycles. The molecular formula is C27H35N3O4S. The van der Waals surface area contributed by atoms with Gasteiger partial charge in [0.25, 0.3) is 0 Å². The number of nitrogens with zero attached hydrogens (tertiary/aromatic N) is 2. The summed E-state index contributed by atoms with van der Waals surface area (Å²) in [5.41, 5.74) is 1.52. The number of anilines is 1. The van der Waals surface area contributed by atoms with Crippen LogP contribution in [0.5, 0.6) is 0 Å². The summed E-state index contributed by atoms with van der Waals surface area (Å²) in [7, 11) is -1.91. The molecule has 0 bridgehead atoms. The maximum atomic E-state index is 13.0. The molecule has 1 heterocycles. The molecule has 0 aromatic heterocycles. The van der Waals surface area contributed by atoms with Crippen LogP contribution in [0.25, 0.3) is 0 Å². The third kappa shape index (κ3) is 6.30. The topological polar surface area (TPSA) is 86.8 Å². The zero-order chi connectivity index (χ0) is 24.8. The smallest absolute Gasteiger partial charge is 0.243 e. The first kappa shape index (κ1) is 25.4. The SMILES string of the molecule is CN(C1CCCCC1)S(=O)(=O)c1ccc(NC(=O)C2CCCN(C(=O)Cc3ccccc3)C2)cc1. The van der Waals surface area contributed by atoms with Crippen molar-refractivity contribution in [3.63, 3.8) is 0 Å². The normalized spacial score (nSPS) is 19.5. The molecule has 2 aromatic rings. The third-order valence-electron chi connectivity index (χ3n) is 7.23. The van der Waals surface area contributed by atoms with Crippen molar-refractivity contribution in [1.29, 1.82) is 0 Å². The van der Waals surface area contributed by atoms with Crippen LogP contribution >= 0.6 is 0 Å². The molecule has 35 heavy (non-hydrogen) atoms. The molecule has 8 heteroatoms. The van der Waals surface area contributed by atoms with E-state index in [-0.39, 0.29) is 28.7 Å². The molecule has 2 fully saturated rings. The van der Waals surface area contributed by atoms with Gasteiger partial charge in [-0.1, -0.05) is 49.6 Å². The van der Waals surface area contributed by atoms with E-state index >= 15 is 0 Å². The Morgan fingerprint density at radius 3 is 2.31 bits per heavy atom. The lowest BCUT2D eigenvalue weighted by atomic mass is 9.96. The average Bonchev–Trinajstić information content (AvgIpc) is 2.89. The summed E-state index contributed by atoms with van der Waals surface area (Å²) in [6.07, 6.45) is 6.92. The highest BCUT2D eigenvalue weighted by Gasteiger charge is 2.30. The van der Waals surface area contributed by atoms with Crippen molar-refractivity contribution in [3.8, 4) is 0 Å². The Labute approximate surface area is 208 Å². The van der Waals surface area contributed by atoms with Gasteiger partial charge >= 0.3 is 0 Å². The Kier molecular flexibility index (Phi) is 8.23. The number of benzene rings is 2. The molecule has 0 radical (unpaired) electrons. The fraction of sp³-hybridized carbons (Fsp3) is 0.481. The Morgan fingerprint density at radius 2 is 1.63 bits per heavy atom. The van der Waals surface area contributed by atoms with Gasteiger partial charge in [0.1, 0.15) is 0 Å². The van der Waals surface area contributed by atoms with Gasteiger partial charge in [0.05, 0.1) is 17.2 Å². The molecule has 1 saturated carbocycles. The number of carbonyl (C=O) groups is 2. The van der Waals surface area contributed by atoms with E-state index in [1.165, 1.54) is 10.7 Å². The van der Waals surface area contributed by atoms with Gasteiger partial charge in [-0.3, -0.25) is 9.59 Å². The zero-order valence-corrected chi connectivity index (χ0v) is 21.2. The molecule has 2 amide bonds. The number of nitrogens with one attached hydrogen (secondary N) is 1. The first-order valence-corrected chi connectivity index (χ1v) is 14.0. The van der Waals surface area contributed by atoms with E-state index in [0.29, 0.717) is 25.2 Å². The van der Waals surface area contributed by atoms with Crippen LogP contribution in [0.2, 0.25) is 0 Å². The summed E-state index contributed by atoms with van der Waals surface area (Å²) < 4.78 is 27.6. The fourth-order valence-electron chi connectivity index (χ4n) is 5.06. The van der Waals surface area contributed by atoms with Crippen molar-refractivity contribution in [1.82, 2.24) is 9.21 Å². The van der Waals surface area contributed by atoms with Gasteiger partial charge in [-0.15, -0.1) is 0 Å². The van der Waals surface area contributed by atoms with E-state index in [4.69, 9.17) is 0 Å². The lowest BCUT2D eigenvalue weighted by Crippen LogP contribution is -2.44. The predicted octanol–water partition coefficient (Wildman–Crippen LogP) is 4.06. The summed E-state index contributed by atoms with van der Waals surface area (Å²) in [4.78, 5) is 27.7. The molecule has 1 unspecified atom stereocenters. The number of likely N-dealkylation sites (tertiary alicyclic amines) is 1. The summed E-state index contributed by atoms with van der Waals surface area (Å²) in [5, 5.41) is 2.91. The Morgan fingerprint density at radius 1 is 0.943 bits per heavy atom. The maximum absolute atomic E-state index is 13.0. The van der Waals surface area contributed by atoms with Gasteiger partial charge in [-0.05, 0) is 55.5 Å². The van der Waals surface area contributed by atoms with Crippen molar-refractivity contribution < 1.29 is 18.0 Å². The van der Waals surface area contributed by atoms with Gasteiger partial charge in [-0.25, -0.2) is 8.42 Å². The van der Waals surface area contributed by atoms with E-state index in [1.54, 1.807) is 36.2 Å². The number of sulfonamides is 1. The Bertz CT molecular complexity index is 1110. The second-order valence-corrected chi connectivity index (χ2v) is 11.7. The van der Waals surface area contributed by atoms with Gasteiger partial charge in [-0.2, -0.15) is 4.31 Å². The number of amides is 2. The first-order valence-electron chi connectivity index (χ1n) is 12.6. The second-order valence-electron chi connectivity index (χ2n) is 9.67. The first-order chi connectivity index (χ1) is 16.8. The number of hydrogen-bond donors (Lipinski definition) is 1. The van der Waals surface area contributed by atoms with Crippen LogP contribution in [0.15, 0.2) is 59.5 Å². The number of piperidine rings is 1. The van der Waals surface area contributed by atoms with E-state index < -0.39 is 10.0 Å². The third-order valence-corrected chi connectivity index (χ3v) is 9.16. The van der Waals surface area contributed by atoms with Crippen LogP contribution in [-0.4, -0.2) is 55.6 Å². The highest BCUT2D eigenvalue weighted by molar-refractivity contribution is 7.89. The van der Waals surface area contributed by atoms with Gasteiger partial charge < -0.3 is 10.2 Å². The van der Waals surface area contributed by atoms with Crippen LogP contribution in [0.3, 0.4) is 0 Å². The summed E-state index contributed by atoms with van der Waals surface area (Å²) in [6, 6.07) is 16.1. The van der Waals surface area contributed by atoms with Crippen LogP contribution in [-0.2, 0) is 26.0 Å². The van der Waals surface area contributed by atoms with Crippen molar-refractivity contribution in [2.24, 2.45) is 5.92 Å². The number of carbonyl (C=O) groups excluding carboxylic acids is 2. The molecular weight excluding hydrogens is 462 g/mol. The number of rotatable bonds is 7. The lowest BCUT2D eigenvalue weighted by molar-refractivity contribution is -0.133. The van der Waals surface area contributed by atoms with E-state index in [1.807, 2.05) is 30.3 Å². The van der Waals surface area contributed by atoms with Crippen LogP contribution in [0.1, 0.15) is 50.5 Å². The summed E-state index contributed by atoms with van der Waals surface area (Å²) >= 11 is 0. The average molecular weight is 498 g/mol. The molecule has 1 atom stereocenters. The monoisotopic (exact) mass is 497 g/mol. The maximum Gasteiger partial charge on any atom is 0.243 e. The van der Waals surface area contributed by atoms with Crippen molar-refractivity contribution in [2.45, 2.75) is 62.3 Å². The summed E-state index contributed by atoms with van der Waals surface area (Å²) in [6.45, 7) is 1.06. The Hall–Kier alpha value is -2.71. The fourth-order valence-corrected chi connectivity index (χ4v) is 6.48. The van der Waals surface area contributed by atoms with Crippen LogP contribution in [0, 0.1) is 5.92 Å². The molecule has 1 saturated heterocycles. The molecule has 4 rings (SSSR count). The van der Waals surface area contributed by atoms with E-state index in [0.717, 1.165) is 44.1 Å². The number of hydrogen-bond acceptors (Lipinski definition) is 4. The lowest BCUT2D eigenvalue weighted by Gasteiger charge is -2.32. The van der Waals surface area contributed by atoms with Crippen molar-refractivity contribution in [3.05, 3.63) is 60.2 Å². The molecule has 2 aliphatic rings. The standard InChI is InChI=1S/C27H35N3O4S/c1-29(24-12-6-3-7-13-24)35(33,34)25-16-14-23(15-17-25)28-27(32)22-11-8-18-30(20-22)26(31)19-21-9-4-2-5-10-21/h2,4-5,9-10,14-17,22,24H,3,6-8,11-13,18-20H2,1H3,(H,28,32). The quantitative estimate of drug-likeness (QED) is 0.625. The second kappa shape index (κ2) is 11.4. The van der Waals surface area contributed by atoms with Gasteiger partial charge in [0.15, 0.2) is 0 Å². The largest absolute Gasteiger partial charge is 0.342 e. The minimum Gasteiger partial charge on any atom is -0.342 e. The molecule has 1 aliphatic carbocycles. The summed E-state index contributed by atoms with van der Waals surface area (Å²) in [5.74, 6) is -0.396. The van der Waals surface area contributed by atoms with E-state index in [2.05, 4.69) is 5.32 Å². The molecule has 188 valence electrons. The minimum atomic E-state index is -3.57. The van der Waals surface area contributed by atoms with Crippen LogP contribution < -0.4 is 5.32 Å². The van der Waals surface area contributed by atoms with Gasteiger partial charge in [0, 0.05) is 31.9 Å². The molecule has 7 nitrogen and oxygen atoms in total. The van der Waals surface area contributed by atoms with Crippen molar-refractivity contribution >= 4 is 27.5 Å². The molecule has 2 aromatic carbocycles. The highest BCUT2D eigenvalue weighted by Crippen LogP contribution is 2.27. The predicted molar refractivity (Wildman–Crippen MR) is 136 cm³/mol.